The van der Waals surface area contributed by atoms with Crippen LogP contribution in [0.3, 0.4) is 0 Å². The van der Waals surface area contributed by atoms with E-state index in [0.29, 0.717) is 13.0 Å². The molecule has 3 N–H and O–H groups in total. The van der Waals surface area contributed by atoms with Crippen molar-refractivity contribution in [3.63, 3.8) is 0 Å². The van der Waals surface area contributed by atoms with Crippen molar-refractivity contribution in [3.8, 4) is 5.75 Å². The fourth-order valence-electron chi connectivity index (χ4n) is 2.53. The predicted molar refractivity (Wildman–Crippen MR) is 84.6 cm³/mol. The Kier molecular flexibility index (Phi) is 5.19. The first-order valence-electron chi connectivity index (χ1n) is 6.97. The minimum absolute atomic E-state index is 0.0298. The summed E-state index contributed by atoms with van der Waals surface area (Å²) in [5, 5.41) is 21.1. The summed E-state index contributed by atoms with van der Waals surface area (Å²) in [5.74, 6) is -0.170. The molecule has 0 spiro atoms. The van der Waals surface area contributed by atoms with Crippen molar-refractivity contribution >= 4 is 25.7 Å². The molecule has 1 heterocycles. The normalized spacial score (nSPS) is 19.4. The van der Waals surface area contributed by atoms with Crippen LogP contribution in [-0.4, -0.2) is 40.9 Å². The molecule has 1 amide bonds. The number of fused-ring (bicyclic) bond motifs is 1. The molecule has 3 unspecified atom stereocenters. The standard InChI is InChI=1S/C14H20BNO4S/c1-8-4-3-5-11-10(7-20-13(8)11)6-12(15(18)19)16-14(17)9(2)21/h3-5,9-10,12,18-19,21H,6-7H2,1-2H3,(H,16,17). The summed E-state index contributed by atoms with van der Waals surface area (Å²) in [5.41, 5.74) is 2.11. The van der Waals surface area contributed by atoms with Crippen molar-refractivity contribution in [3.05, 3.63) is 29.3 Å². The van der Waals surface area contributed by atoms with E-state index in [1.807, 2.05) is 25.1 Å². The highest BCUT2D eigenvalue weighted by atomic mass is 32.1. The largest absolute Gasteiger partial charge is 0.492 e. The van der Waals surface area contributed by atoms with Crippen LogP contribution >= 0.6 is 12.6 Å². The molecule has 1 aromatic rings. The second-order valence-electron chi connectivity index (χ2n) is 5.44. The Morgan fingerprint density at radius 2 is 2.29 bits per heavy atom. The molecule has 1 aromatic carbocycles. The fraction of sp³-hybridized carbons (Fsp3) is 0.500. The molecule has 3 atom stereocenters. The zero-order chi connectivity index (χ0) is 15.6. The van der Waals surface area contributed by atoms with Crippen LogP contribution in [0.2, 0.25) is 0 Å². The lowest BCUT2D eigenvalue weighted by molar-refractivity contribution is -0.120. The van der Waals surface area contributed by atoms with E-state index in [1.165, 1.54) is 0 Å². The summed E-state index contributed by atoms with van der Waals surface area (Å²) < 4.78 is 5.68. The molecule has 0 radical (unpaired) electrons. The quantitative estimate of drug-likeness (QED) is 0.476. The average Bonchev–Trinajstić information content (AvgIpc) is 2.82. The summed E-state index contributed by atoms with van der Waals surface area (Å²) in [7, 11) is -1.62. The van der Waals surface area contributed by atoms with Gasteiger partial charge in [0.1, 0.15) is 5.75 Å². The van der Waals surface area contributed by atoms with Gasteiger partial charge in [-0.15, -0.1) is 0 Å². The lowest BCUT2D eigenvalue weighted by Crippen LogP contribution is -2.49. The number of para-hydroxylation sites is 1. The second kappa shape index (κ2) is 6.72. The van der Waals surface area contributed by atoms with Gasteiger partial charge < -0.3 is 20.1 Å². The van der Waals surface area contributed by atoms with Gasteiger partial charge in [0.15, 0.2) is 0 Å². The van der Waals surface area contributed by atoms with Crippen molar-refractivity contribution in [1.29, 1.82) is 0 Å². The number of hydrogen-bond acceptors (Lipinski definition) is 5. The van der Waals surface area contributed by atoms with Crippen LogP contribution in [0, 0.1) is 6.92 Å². The first-order chi connectivity index (χ1) is 9.90. The van der Waals surface area contributed by atoms with E-state index in [0.717, 1.165) is 16.9 Å². The summed E-state index contributed by atoms with van der Waals surface area (Å²) in [4.78, 5) is 11.7. The number of amides is 1. The number of ether oxygens (including phenoxy) is 1. The van der Waals surface area contributed by atoms with Crippen molar-refractivity contribution in [1.82, 2.24) is 5.32 Å². The van der Waals surface area contributed by atoms with Gasteiger partial charge in [0.25, 0.3) is 0 Å². The number of hydrogen-bond donors (Lipinski definition) is 4. The summed E-state index contributed by atoms with van der Waals surface area (Å²) in [6, 6.07) is 5.91. The first kappa shape index (κ1) is 16.2. The van der Waals surface area contributed by atoms with Gasteiger partial charge in [-0.3, -0.25) is 4.79 Å². The van der Waals surface area contributed by atoms with Crippen molar-refractivity contribution in [2.45, 2.75) is 37.4 Å². The van der Waals surface area contributed by atoms with E-state index in [1.54, 1.807) is 6.92 Å². The van der Waals surface area contributed by atoms with E-state index in [9.17, 15) is 14.8 Å². The van der Waals surface area contributed by atoms with Gasteiger partial charge in [-0.25, -0.2) is 0 Å². The Hall–Kier alpha value is -1.18. The maximum absolute atomic E-state index is 11.7. The number of carbonyl (C=O) groups is 1. The predicted octanol–water partition coefficient (Wildman–Crippen LogP) is 0.676. The highest BCUT2D eigenvalue weighted by molar-refractivity contribution is 7.81. The molecule has 2 rings (SSSR count). The van der Waals surface area contributed by atoms with Crippen molar-refractivity contribution < 1.29 is 19.6 Å². The first-order valence-corrected chi connectivity index (χ1v) is 7.48. The molecule has 1 aliphatic heterocycles. The molecular weight excluding hydrogens is 289 g/mol. The number of thiol groups is 1. The second-order valence-corrected chi connectivity index (χ2v) is 6.22. The van der Waals surface area contributed by atoms with E-state index < -0.39 is 18.3 Å². The lowest BCUT2D eigenvalue weighted by atomic mass is 9.73. The summed E-state index contributed by atoms with van der Waals surface area (Å²) in [6.45, 7) is 4.09. The number of nitrogens with one attached hydrogen (secondary N) is 1. The zero-order valence-electron chi connectivity index (χ0n) is 12.1. The monoisotopic (exact) mass is 309 g/mol. The molecule has 21 heavy (non-hydrogen) atoms. The number of carbonyl (C=O) groups excluding carboxylic acids is 1. The van der Waals surface area contributed by atoms with Crippen LogP contribution in [0.1, 0.15) is 30.4 Å². The van der Waals surface area contributed by atoms with Gasteiger partial charge in [0, 0.05) is 11.5 Å². The summed E-state index contributed by atoms with van der Waals surface area (Å²) >= 11 is 4.04. The summed E-state index contributed by atoms with van der Waals surface area (Å²) in [6.07, 6.45) is 0.403. The van der Waals surface area contributed by atoms with Gasteiger partial charge in [0.2, 0.25) is 5.91 Å². The Morgan fingerprint density at radius 1 is 1.57 bits per heavy atom. The van der Waals surface area contributed by atoms with Crippen molar-refractivity contribution in [2.75, 3.05) is 6.61 Å². The molecule has 114 valence electrons. The van der Waals surface area contributed by atoms with Crippen LogP contribution in [0.15, 0.2) is 18.2 Å². The third kappa shape index (κ3) is 3.72. The maximum Gasteiger partial charge on any atom is 0.475 e. The Bertz CT molecular complexity index is 524. The smallest absolute Gasteiger partial charge is 0.475 e. The van der Waals surface area contributed by atoms with Gasteiger partial charge in [0.05, 0.1) is 17.8 Å². The zero-order valence-corrected chi connectivity index (χ0v) is 13.0. The molecule has 0 bridgehead atoms. The number of aryl methyl sites for hydroxylation is 1. The van der Waals surface area contributed by atoms with Gasteiger partial charge in [-0.2, -0.15) is 12.6 Å². The van der Waals surface area contributed by atoms with E-state index in [-0.39, 0.29) is 11.8 Å². The topological polar surface area (TPSA) is 78.8 Å². The van der Waals surface area contributed by atoms with Crippen LogP contribution < -0.4 is 10.1 Å². The highest BCUT2D eigenvalue weighted by Crippen LogP contribution is 2.38. The Morgan fingerprint density at radius 3 is 2.90 bits per heavy atom. The molecule has 7 heteroatoms. The van der Waals surface area contributed by atoms with Gasteiger partial charge >= 0.3 is 7.12 Å². The third-order valence-electron chi connectivity index (χ3n) is 3.72. The Labute approximate surface area is 130 Å². The van der Waals surface area contributed by atoms with E-state index in [4.69, 9.17) is 4.74 Å². The van der Waals surface area contributed by atoms with Crippen LogP contribution in [0.4, 0.5) is 0 Å². The van der Waals surface area contributed by atoms with Gasteiger partial charge in [-0.05, 0) is 25.8 Å². The van der Waals surface area contributed by atoms with Gasteiger partial charge in [-0.1, -0.05) is 18.2 Å². The fourth-order valence-corrected chi connectivity index (χ4v) is 2.60. The van der Waals surface area contributed by atoms with Crippen LogP contribution in [0.25, 0.3) is 0 Å². The Balaban J connectivity index is 2.10. The van der Waals surface area contributed by atoms with Crippen molar-refractivity contribution in [2.24, 2.45) is 0 Å². The minimum Gasteiger partial charge on any atom is -0.492 e. The number of benzene rings is 1. The molecular formula is C14H20BNO4S. The van der Waals surface area contributed by atoms with Crippen LogP contribution in [0.5, 0.6) is 5.75 Å². The molecule has 0 saturated carbocycles. The SMILES string of the molecule is Cc1cccc2c1OCC2CC(NC(=O)C(C)S)B(O)O. The third-order valence-corrected chi connectivity index (χ3v) is 3.95. The van der Waals surface area contributed by atoms with E-state index >= 15 is 0 Å². The molecule has 0 fully saturated rings. The maximum atomic E-state index is 11.7. The molecule has 0 aliphatic carbocycles. The lowest BCUT2D eigenvalue weighted by Gasteiger charge is -2.21. The molecule has 0 saturated heterocycles. The average molecular weight is 309 g/mol. The number of rotatable bonds is 5. The minimum atomic E-state index is -1.62. The molecule has 5 nitrogen and oxygen atoms in total. The van der Waals surface area contributed by atoms with Crippen LogP contribution in [-0.2, 0) is 4.79 Å². The highest BCUT2D eigenvalue weighted by Gasteiger charge is 2.33. The van der Waals surface area contributed by atoms with E-state index in [2.05, 4.69) is 17.9 Å². The molecule has 0 aromatic heterocycles. The molecule has 1 aliphatic rings.